The van der Waals surface area contributed by atoms with E-state index in [0.29, 0.717) is 17.7 Å². The van der Waals surface area contributed by atoms with Gasteiger partial charge in [0.1, 0.15) is 0 Å². The maximum atomic E-state index is 11.9. The van der Waals surface area contributed by atoms with Crippen molar-refractivity contribution < 1.29 is 14.4 Å². The van der Waals surface area contributed by atoms with Gasteiger partial charge in [0.05, 0.1) is 11.7 Å². The molecule has 0 aromatic heterocycles. The van der Waals surface area contributed by atoms with E-state index >= 15 is 0 Å². The van der Waals surface area contributed by atoms with Crippen LogP contribution >= 0.6 is 0 Å². The predicted molar refractivity (Wildman–Crippen MR) is 66.1 cm³/mol. The van der Waals surface area contributed by atoms with Crippen LogP contribution in [0.5, 0.6) is 0 Å². The minimum Gasteiger partial charge on any atom is -0.320 e. The molecule has 1 aromatic rings. The number of carbonyl (C=O) groups excluding carboxylic acids is 3. The first kappa shape index (κ1) is 12.4. The van der Waals surface area contributed by atoms with E-state index in [9.17, 15) is 14.4 Å². The van der Waals surface area contributed by atoms with Crippen LogP contribution in [-0.4, -0.2) is 23.6 Å². The Kier molecular flexibility index (Phi) is 3.25. The lowest BCUT2D eigenvalue weighted by Gasteiger charge is -2.28. The molecule has 0 spiro atoms. The summed E-state index contributed by atoms with van der Waals surface area (Å²) in [4.78, 5) is 35.9. The molecular weight excluding hydrogens is 232 g/mol. The summed E-state index contributed by atoms with van der Waals surface area (Å²) in [6.07, 6.45) is 0.654. The molecule has 0 radical (unpaired) electrons. The molecule has 5 nitrogen and oxygen atoms in total. The van der Waals surface area contributed by atoms with Gasteiger partial charge in [-0.25, -0.2) is 4.90 Å². The van der Waals surface area contributed by atoms with E-state index in [0.717, 1.165) is 4.90 Å². The maximum Gasteiger partial charge on any atom is 0.250 e. The van der Waals surface area contributed by atoms with Gasteiger partial charge in [-0.1, -0.05) is 0 Å². The first-order valence-corrected chi connectivity index (χ1v) is 5.74. The summed E-state index contributed by atoms with van der Waals surface area (Å²) in [6, 6.07) is 5.74. The number of nitrogens with two attached hydrogens (primary N) is 1. The van der Waals surface area contributed by atoms with Crippen molar-refractivity contribution in [3.63, 3.8) is 0 Å². The lowest BCUT2D eigenvalue weighted by Crippen LogP contribution is -2.51. The monoisotopic (exact) mass is 246 g/mol. The molecule has 2 amide bonds. The van der Waals surface area contributed by atoms with Crippen molar-refractivity contribution in [3.8, 4) is 0 Å². The summed E-state index contributed by atoms with van der Waals surface area (Å²) < 4.78 is 0. The Morgan fingerprint density at radius 2 is 1.89 bits per heavy atom. The number of nitrogens with zero attached hydrogens (tertiary/aromatic N) is 1. The average molecular weight is 246 g/mol. The Bertz CT molecular complexity index is 507. The van der Waals surface area contributed by atoms with E-state index in [-0.39, 0.29) is 24.0 Å². The van der Waals surface area contributed by atoms with Gasteiger partial charge in [-0.05, 0) is 37.6 Å². The molecule has 2 N–H and O–H groups in total. The highest BCUT2D eigenvalue weighted by molar-refractivity contribution is 6.18. The number of amides is 2. The molecule has 1 aliphatic heterocycles. The Morgan fingerprint density at radius 3 is 2.44 bits per heavy atom. The largest absolute Gasteiger partial charge is 0.320 e. The summed E-state index contributed by atoms with van der Waals surface area (Å²) in [5, 5.41) is 0. The number of imide groups is 1. The van der Waals surface area contributed by atoms with Crippen molar-refractivity contribution in [3.05, 3.63) is 29.8 Å². The second-order valence-electron chi connectivity index (χ2n) is 4.32. The van der Waals surface area contributed by atoms with E-state index < -0.39 is 6.04 Å². The van der Waals surface area contributed by atoms with Crippen LogP contribution in [0, 0.1) is 0 Å². The zero-order chi connectivity index (χ0) is 13.3. The third-order valence-electron chi connectivity index (χ3n) is 2.99. The lowest BCUT2D eigenvalue weighted by atomic mass is 10.0. The summed E-state index contributed by atoms with van der Waals surface area (Å²) in [6.45, 7) is 1.46. The zero-order valence-corrected chi connectivity index (χ0v) is 10.1. The maximum absolute atomic E-state index is 11.9. The molecule has 2 rings (SSSR count). The number of rotatable bonds is 2. The summed E-state index contributed by atoms with van der Waals surface area (Å²) in [5.41, 5.74) is 6.65. The van der Waals surface area contributed by atoms with Crippen LogP contribution in [-0.2, 0) is 9.59 Å². The number of ketones is 1. The predicted octanol–water partition coefficient (Wildman–Crippen LogP) is 0.870. The molecule has 18 heavy (non-hydrogen) atoms. The molecule has 94 valence electrons. The molecule has 1 heterocycles. The number of hydrogen-bond donors (Lipinski definition) is 1. The summed E-state index contributed by atoms with van der Waals surface area (Å²) in [7, 11) is 0. The number of benzene rings is 1. The summed E-state index contributed by atoms with van der Waals surface area (Å²) >= 11 is 0. The Hall–Kier alpha value is -2.01. The number of Topliss-reactive ketones (excluding diaryl/α,β-unsaturated/α-hetero) is 1. The van der Waals surface area contributed by atoms with E-state index in [1.54, 1.807) is 24.3 Å². The Labute approximate surface area is 105 Å². The molecule has 1 saturated heterocycles. The zero-order valence-electron chi connectivity index (χ0n) is 10.1. The van der Waals surface area contributed by atoms with Crippen molar-refractivity contribution in [2.24, 2.45) is 5.73 Å². The van der Waals surface area contributed by atoms with Crippen molar-refractivity contribution in [1.29, 1.82) is 0 Å². The van der Waals surface area contributed by atoms with Crippen LogP contribution in [0.1, 0.15) is 30.1 Å². The normalized spacial score (nSPS) is 20.1. The molecule has 0 bridgehead atoms. The van der Waals surface area contributed by atoms with Gasteiger partial charge in [0.15, 0.2) is 5.78 Å². The second kappa shape index (κ2) is 4.70. The van der Waals surface area contributed by atoms with Crippen LogP contribution in [0.4, 0.5) is 5.69 Å². The van der Waals surface area contributed by atoms with Crippen LogP contribution in [0.3, 0.4) is 0 Å². The van der Waals surface area contributed by atoms with Gasteiger partial charge >= 0.3 is 0 Å². The SMILES string of the molecule is CC(=O)c1ccc(N2C(=O)CC[C@H](N)C2=O)cc1. The minimum atomic E-state index is -0.629. The number of anilines is 1. The topological polar surface area (TPSA) is 80.5 Å². The van der Waals surface area contributed by atoms with Crippen molar-refractivity contribution in [2.75, 3.05) is 4.90 Å². The average Bonchev–Trinajstić information content (AvgIpc) is 2.35. The number of hydrogen-bond acceptors (Lipinski definition) is 4. The van der Waals surface area contributed by atoms with E-state index in [1.807, 2.05) is 0 Å². The van der Waals surface area contributed by atoms with Gasteiger partial charge in [-0.15, -0.1) is 0 Å². The van der Waals surface area contributed by atoms with Gasteiger partial charge in [-0.2, -0.15) is 0 Å². The number of piperidine rings is 1. The molecule has 5 heteroatoms. The van der Waals surface area contributed by atoms with Gasteiger partial charge in [-0.3, -0.25) is 14.4 Å². The highest BCUT2D eigenvalue weighted by Crippen LogP contribution is 2.22. The lowest BCUT2D eigenvalue weighted by molar-refractivity contribution is -0.130. The van der Waals surface area contributed by atoms with Crippen LogP contribution in [0.15, 0.2) is 24.3 Å². The molecule has 1 aliphatic rings. The van der Waals surface area contributed by atoms with E-state index in [2.05, 4.69) is 0 Å². The summed E-state index contributed by atoms with van der Waals surface area (Å²) in [5.74, 6) is -0.700. The highest BCUT2D eigenvalue weighted by Gasteiger charge is 2.32. The van der Waals surface area contributed by atoms with Crippen molar-refractivity contribution in [2.45, 2.75) is 25.8 Å². The molecule has 0 unspecified atom stereocenters. The fourth-order valence-corrected chi connectivity index (χ4v) is 1.92. The Morgan fingerprint density at radius 1 is 1.28 bits per heavy atom. The highest BCUT2D eigenvalue weighted by atomic mass is 16.2. The van der Waals surface area contributed by atoms with Crippen LogP contribution < -0.4 is 10.6 Å². The number of carbonyl (C=O) groups is 3. The van der Waals surface area contributed by atoms with Gasteiger partial charge in [0.2, 0.25) is 5.91 Å². The fraction of sp³-hybridized carbons (Fsp3) is 0.308. The molecule has 1 fully saturated rings. The van der Waals surface area contributed by atoms with Crippen molar-refractivity contribution in [1.82, 2.24) is 0 Å². The first-order valence-electron chi connectivity index (χ1n) is 5.74. The van der Waals surface area contributed by atoms with Crippen LogP contribution in [0.2, 0.25) is 0 Å². The smallest absolute Gasteiger partial charge is 0.250 e. The standard InChI is InChI=1S/C13H14N2O3/c1-8(16)9-2-4-10(5-3-9)15-12(17)7-6-11(14)13(15)18/h2-5,11H,6-7,14H2,1H3/t11-/m0/s1. The Balaban J connectivity index is 2.32. The molecular formula is C13H14N2O3. The van der Waals surface area contributed by atoms with E-state index in [1.165, 1.54) is 6.92 Å². The molecule has 0 saturated carbocycles. The van der Waals surface area contributed by atoms with Gasteiger partial charge in [0.25, 0.3) is 5.91 Å². The van der Waals surface area contributed by atoms with Gasteiger partial charge < -0.3 is 5.73 Å². The quantitative estimate of drug-likeness (QED) is 0.620. The molecule has 1 aromatic carbocycles. The third-order valence-corrected chi connectivity index (χ3v) is 2.99. The minimum absolute atomic E-state index is 0.0606. The second-order valence-corrected chi connectivity index (χ2v) is 4.32. The van der Waals surface area contributed by atoms with Crippen molar-refractivity contribution >= 4 is 23.3 Å². The fourth-order valence-electron chi connectivity index (χ4n) is 1.92. The first-order chi connectivity index (χ1) is 8.50. The van der Waals surface area contributed by atoms with Gasteiger partial charge in [0, 0.05) is 12.0 Å². The van der Waals surface area contributed by atoms with Crippen LogP contribution in [0.25, 0.3) is 0 Å². The molecule has 1 atom stereocenters. The van der Waals surface area contributed by atoms with E-state index in [4.69, 9.17) is 5.73 Å². The third kappa shape index (κ3) is 2.17. The molecule has 0 aliphatic carbocycles.